The van der Waals surface area contributed by atoms with E-state index in [4.69, 9.17) is 19.4 Å². The molecule has 2 saturated heterocycles. The zero-order valence-corrected chi connectivity index (χ0v) is 37.5. The van der Waals surface area contributed by atoms with Gasteiger partial charge in [0.1, 0.15) is 23.7 Å². The van der Waals surface area contributed by atoms with Crippen molar-refractivity contribution in [2.75, 3.05) is 27.3 Å². The second kappa shape index (κ2) is 17.0. The Morgan fingerprint density at radius 2 is 1.16 bits per heavy atom. The van der Waals surface area contributed by atoms with E-state index in [1.54, 1.807) is 0 Å². The van der Waals surface area contributed by atoms with Crippen LogP contribution in [-0.2, 0) is 25.5 Å². The summed E-state index contributed by atoms with van der Waals surface area (Å²) in [5, 5.41) is 5.44. The number of alkyl carbamates (subject to hydrolysis) is 2. The fraction of sp³-hybridized carbons (Fsp3) is 0.490. The van der Waals surface area contributed by atoms with Crippen LogP contribution in [0.1, 0.15) is 119 Å². The number of carbonyl (C=O) groups is 5. The number of ketones is 1. The van der Waals surface area contributed by atoms with Crippen molar-refractivity contribution in [2.45, 2.75) is 110 Å². The molecule has 1 spiro atoms. The van der Waals surface area contributed by atoms with Gasteiger partial charge in [0.15, 0.2) is 5.78 Å². The third-order valence-electron chi connectivity index (χ3n) is 14.2. The zero-order valence-electron chi connectivity index (χ0n) is 37.5. The van der Waals surface area contributed by atoms with Crippen LogP contribution in [0.25, 0.3) is 44.3 Å². The highest BCUT2D eigenvalue weighted by Crippen LogP contribution is 2.53. The number of benzene rings is 3. The Bertz CT molecular complexity index is 2660. The molecule has 15 nitrogen and oxygen atoms in total. The van der Waals surface area contributed by atoms with Crippen LogP contribution in [-0.4, -0.2) is 98.9 Å². The number of fused-ring (bicyclic) bond motifs is 3. The van der Waals surface area contributed by atoms with Gasteiger partial charge in [-0.05, 0) is 109 Å². The SMILES string of the molecule is COC(=O)NC(C(=O)N1CCCC1c1nc2ccc(-c3ccc(-c4ccc5nc(C6CCCN6C(=O)C(NC(=O)OC)C(C)C)[nH]c5c4)c4c3CC3(CCCC3)C4=O)cc2[nH]1)C(C)C. The number of aromatic nitrogens is 4. The maximum Gasteiger partial charge on any atom is 0.407 e. The highest BCUT2D eigenvalue weighted by molar-refractivity contribution is 6.12. The Morgan fingerprint density at radius 3 is 1.62 bits per heavy atom. The summed E-state index contributed by atoms with van der Waals surface area (Å²) in [4.78, 5) is 87.3. The van der Waals surface area contributed by atoms with Gasteiger partial charge >= 0.3 is 12.2 Å². The average Bonchev–Trinajstić information content (AvgIpc) is 4.15. The molecule has 4 unspecified atom stereocenters. The van der Waals surface area contributed by atoms with Gasteiger partial charge in [0.2, 0.25) is 11.8 Å². The number of methoxy groups -OCH3 is 2. The zero-order chi connectivity index (χ0) is 45.0. The van der Waals surface area contributed by atoms with Crippen LogP contribution in [0, 0.1) is 17.3 Å². The van der Waals surface area contributed by atoms with Crippen molar-refractivity contribution in [3.05, 3.63) is 71.3 Å². The van der Waals surface area contributed by atoms with Crippen molar-refractivity contribution in [3.8, 4) is 22.3 Å². The predicted molar refractivity (Wildman–Crippen MR) is 241 cm³/mol. The number of nitrogens with one attached hydrogen (secondary N) is 4. The quantitative estimate of drug-likeness (QED) is 0.107. The number of hydrogen-bond acceptors (Lipinski definition) is 9. The monoisotopic (exact) mass is 870 g/mol. The molecule has 4 atom stereocenters. The number of imidazole rings is 2. The van der Waals surface area contributed by atoms with E-state index in [2.05, 4.69) is 50.9 Å². The predicted octanol–water partition coefficient (Wildman–Crippen LogP) is 8.16. The smallest absolute Gasteiger partial charge is 0.407 e. The molecule has 2 aliphatic heterocycles. The highest BCUT2D eigenvalue weighted by atomic mass is 16.5. The first-order valence-electron chi connectivity index (χ1n) is 22.8. The lowest BCUT2D eigenvalue weighted by Gasteiger charge is -2.29. The van der Waals surface area contributed by atoms with E-state index in [1.807, 2.05) is 55.7 Å². The van der Waals surface area contributed by atoms with Crippen molar-refractivity contribution >= 4 is 51.9 Å². The molecule has 1 saturated carbocycles. The van der Waals surface area contributed by atoms with Crippen LogP contribution in [0.15, 0.2) is 48.5 Å². The topological polar surface area (TPSA) is 192 Å². The minimum absolute atomic E-state index is 0.134. The summed E-state index contributed by atoms with van der Waals surface area (Å²) in [5.74, 6) is 1.03. The van der Waals surface area contributed by atoms with Gasteiger partial charge in [0, 0.05) is 24.1 Å². The largest absolute Gasteiger partial charge is 0.453 e. The molecule has 64 heavy (non-hydrogen) atoms. The molecule has 4 N–H and O–H groups in total. The van der Waals surface area contributed by atoms with E-state index in [0.717, 1.165) is 107 Å². The molecule has 2 aromatic heterocycles. The van der Waals surface area contributed by atoms with Gasteiger partial charge in [-0.15, -0.1) is 0 Å². The van der Waals surface area contributed by atoms with Gasteiger partial charge in [-0.25, -0.2) is 19.6 Å². The highest BCUT2D eigenvalue weighted by Gasteiger charge is 2.49. The Labute approximate surface area is 372 Å². The number of nitrogens with zero attached hydrogens (tertiary/aromatic N) is 4. The van der Waals surface area contributed by atoms with Crippen molar-refractivity contribution in [3.63, 3.8) is 0 Å². The number of amides is 4. The number of hydrogen-bond donors (Lipinski definition) is 4. The summed E-state index contributed by atoms with van der Waals surface area (Å²) in [6.07, 6.45) is 6.35. The fourth-order valence-corrected chi connectivity index (χ4v) is 10.8. The molecule has 336 valence electrons. The van der Waals surface area contributed by atoms with Gasteiger partial charge in [-0.1, -0.05) is 64.8 Å². The molecule has 4 amide bonds. The van der Waals surface area contributed by atoms with Crippen LogP contribution in [0.2, 0.25) is 0 Å². The molecule has 15 heteroatoms. The summed E-state index contributed by atoms with van der Waals surface area (Å²) in [6.45, 7) is 8.73. The second-order valence-corrected chi connectivity index (χ2v) is 18.8. The van der Waals surface area contributed by atoms with Crippen LogP contribution in [0.4, 0.5) is 9.59 Å². The van der Waals surface area contributed by atoms with Crippen LogP contribution in [0.3, 0.4) is 0 Å². The van der Waals surface area contributed by atoms with Crippen LogP contribution < -0.4 is 10.6 Å². The first kappa shape index (κ1) is 43.0. The number of likely N-dealkylation sites (tertiary alicyclic amines) is 2. The molecule has 3 fully saturated rings. The number of carbonyl (C=O) groups excluding carboxylic acids is 5. The third-order valence-corrected chi connectivity index (χ3v) is 14.2. The van der Waals surface area contributed by atoms with Crippen LogP contribution >= 0.6 is 0 Å². The number of aromatic amines is 2. The first-order valence-corrected chi connectivity index (χ1v) is 22.8. The van der Waals surface area contributed by atoms with Gasteiger partial charge in [-0.3, -0.25) is 14.4 Å². The minimum atomic E-state index is -0.726. The van der Waals surface area contributed by atoms with Crippen molar-refractivity contribution < 1.29 is 33.4 Å². The standard InChI is InChI=1S/C49H58N8O7/c1-26(2)40(54-47(61)63-5)45(59)56-21-9-11-37(56)43-50-33-17-13-28(23-35(33)52-43)30-15-16-31(39-32(30)25-49(42(39)58)19-7-8-20-49)29-14-18-34-36(24-29)53-44(51-34)38-12-10-22-57(38)46(60)41(27(3)4)55-48(62)64-6/h13-18,23-24,26-27,37-38,40-41H,7-12,19-22,25H2,1-6H3,(H,50,52)(H,51,53)(H,54,61)(H,55,62). The summed E-state index contributed by atoms with van der Waals surface area (Å²) in [6, 6.07) is 14.5. The molecular formula is C49H58N8O7. The lowest BCUT2D eigenvalue weighted by Crippen LogP contribution is -2.51. The normalized spacial score (nSPS) is 20.2. The lowest BCUT2D eigenvalue weighted by atomic mass is 9.81. The van der Waals surface area contributed by atoms with Crippen LogP contribution in [0.5, 0.6) is 0 Å². The van der Waals surface area contributed by atoms with E-state index in [1.165, 1.54) is 14.2 Å². The van der Waals surface area contributed by atoms with E-state index >= 15 is 0 Å². The first-order chi connectivity index (χ1) is 30.8. The minimum Gasteiger partial charge on any atom is -0.453 e. The molecule has 9 rings (SSSR count). The Hall–Kier alpha value is -6.25. The van der Waals surface area contributed by atoms with E-state index in [-0.39, 0.29) is 41.5 Å². The van der Waals surface area contributed by atoms with E-state index in [9.17, 15) is 24.0 Å². The molecule has 2 aliphatic carbocycles. The molecule has 3 aromatic carbocycles. The Balaban J connectivity index is 1.03. The molecule has 4 heterocycles. The third kappa shape index (κ3) is 7.55. The van der Waals surface area contributed by atoms with Crippen molar-refractivity contribution in [1.82, 2.24) is 40.4 Å². The molecular weight excluding hydrogens is 813 g/mol. The average molecular weight is 871 g/mol. The fourth-order valence-electron chi connectivity index (χ4n) is 10.8. The number of rotatable bonds is 10. The van der Waals surface area contributed by atoms with Crippen molar-refractivity contribution in [2.24, 2.45) is 17.3 Å². The van der Waals surface area contributed by atoms with E-state index < -0.39 is 29.7 Å². The summed E-state index contributed by atoms with van der Waals surface area (Å²) < 4.78 is 9.62. The number of Topliss-reactive ketones (excluding diaryl/α,β-unsaturated/α-hetero) is 1. The Morgan fingerprint density at radius 1 is 0.688 bits per heavy atom. The van der Waals surface area contributed by atoms with Gasteiger partial charge < -0.3 is 39.9 Å². The summed E-state index contributed by atoms with van der Waals surface area (Å²) in [7, 11) is 2.58. The summed E-state index contributed by atoms with van der Waals surface area (Å²) in [5.41, 5.74) is 8.50. The lowest BCUT2D eigenvalue weighted by molar-refractivity contribution is -0.136. The molecule has 0 bridgehead atoms. The summed E-state index contributed by atoms with van der Waals surface area (Å²) >= 11 is 0. The maximum absolute atomic E-state index is 14.8. The second-order valence-electron chi connectivity index (χ2n) is 18.8. The van der Waals surface area contributed by atoms with Gasteiger partial charge in [-0.2, -0.15) is 0 Å². The molecule has 5 aromatic rings. The maximum atomic E-state index is 14.8. The Kier molecular flexibility index (Phi) is 11.5. The molecule has 0 radical (unpaired) electrons. The van der Waals surface area contributed by atoms with Gasteiger partial charge in [0.25, 0.3) is 0 Å². The number of ether oxygens (including phenoxy) is 2. The van der Waals surface area contributed by atoms with E-state index in [0.29, 0.717) is 31.2 Å². The van der Waals surface area contributed by atoms with Crippen molar-refractivity contribution in [1.29, 1.82) is 0 Å². The number of H-pyrrole nitrogens is 2. The molecule has 4 aliphatic rings. The van der Waals surface area contributed by atoms with Gasteiger partial charge in [0.05, 0.1) is 48.4 Å².